The smallest absolute Gasteiger partial charge is 0.264 e. The van der Waals surface area contributed by atoms with Crippen LogP contribution in [0, 0.1) is 5.92 Å². The Morgan fingerprint density at radius 2 is 1.91 bits per heavy atom. The number of benzene rings is 2. The van der Waals surface area contributed by atoms with Gasteiger partial charge in [0.05, 0.1) is 28.9 Å². The molecule has 2 amide bonds. The van der Waals surface area contributed by atoms with Crippen molar-refractivity contribution in [2.75, 3.05) is 23.6 Å². The zero-order valence-corrected chi connectivity index (χ0v) is 25.9. The van der Waals surface area contributed by atoms with E-state index >= 15 is 4.11 Å². The molecule has 1 N–H and O–H groups in total. The number of amides is 2. The molecule has 226 valence electrons. The monoisotopic (exact) mass is 604 g/mol. The van der Waals surface area contributed by atoms with Gasteiger partial charge in [0.1, 0.15) is 0 Å². The third-order valence-corrected chi connectivity index (χ3v) is 11.5. The summed E-state index contributed by atoms with van der Waals surface area (Å²) < 4.78 is 24.5. The van der Waals surface area contributed by atoms with Crippen molar-refractivity contribution in [2.24, 2.45) is 11.0 Å². The summed E-state index contributed by atoms with van der Waals surface area (Å²) in [5.41, 5.74) is 2.46. The van der Waals surface area contributed by atoms with E-state index in [9.17, 15) is 14.7 Å². The summed E-state index contributed by atoms with van der Waals surface area (Å²) >= 11 is 0. The Morgan fingerprint density at radius 3 is 2.63 bits per heavy atom. The van der Waals surface area contributed by atoms with Gasteiger partial charge < -0.3 is 18.9 Å². The maximum atomic E-state index is 16.1. The number of likely N-dealkylation sites (N-methyl/N-ethyl adjacent to an activating group) is 1. The first kappa shape index (κ1) is 29.3. The van der Waals surface area contributed by atoms with Crippen LogP contribution in [0.1, 0.15) is 43.0 Å². The number of aryl methyl sites for hydroxylation is 1. The zero-order chi connectivity index (χ0) is 30.5. The molecule has 6 rings (SSSR count). The molecule has 0 bridgehead atoms. The largest absolute Gasteiger partial charge is 0.396 e. The first-order valence-electron chi connectivity index (χ1n) is 14.8. The molecule has 3 aliphatic heterocycles. The van der Waals surface area contributed by atoms with Gasteiger partial charge >= 0.3 is 0 Å². The lowest BCUT2D eigenvalue weighted by Crippen LogP contribution is -2.44. The molecule has 1 fully saturated rings. The van der Waals surface area contributed by atoms with Crippen LogP contribution in [0.4, 0.5) is 15.5 Å². The van der Waals surface area contributed by atoms with E-state index in [0.717, 1.165) is 11.3 Å². The van der Waals surface area contributed by atoms with Gasteiger partial charge in [-0.05, 0) is 43.3 Å². The molecule has 1 spiro atoms. The number of aromatic nitrogens is 3. The van der Waals surface area contributed by atoms with Crippen molar-refractivity contribution in [2.45, 2.75) is 69.5 Å². The molecule has 2 aromatic carbocycles. The van der Waals surface area contributed by atoms with Crippen molar-refractivity contribution in [3.63, 3.8) is 0 Å². The van der Waals surface area contributed by atoms with E-state index in [0.29, 0.717) is 54.9 Å². The van der Waals surface area contributed by atoms with E-state index in [4.69, 9.17) is 9.84 Å². The average molecular weight is 605 g/mol. The summed E-state index contributed by atoms with van der Waals surface area (Å²) in [5, 5.41) is 23.6. The number of aliphatic hydroxyl groups excluding tert-OH is 1. The fraction of sp³-hybridized carbons (Fsp3) is 0.452. The maximum absolute atomic E-state index is 16.1. The molecule has 4 atom stereocenters. The van der Waals surface area contributed by atoms with Crippen LogP contribution in [0.15, 0.2) is 59.8 Å². The number of hydrazone groups is 1. The summed E-state index contributed by atoms with van der Waals surface area (Å²) in [5.74, 6) is -0.813. The van der Waals surface area contributed by atoms with Crippen molar-refractivity contribution in [1.29, 1.82) is 0 Å². The van der Waals surface area contributed by atoms with Crippen molar-refractivity contribution in [3.8, 4) is 0 Å². The number of carbonyl (C=O) groups is 2. The van der Waals surface area contributed by atoms with Gasteiger partial charge in [-0.25, -0.2) is 5.01 Å². The highest BCUT2D eigenvalue weighted by atomic mass is 28.4. The van der Waals surface area contributed by atoms with Crippen LogP contribution in [0.25, 0.3) is 0 Å². The highest BCUT2D eigenvalue weighted by Gasteiger charge is 2.66. The van der Waals surface area contributed by atoms with Gasteiger partial charge in [-0.2, -0.15) is 5.10 Å². The van der Waals surface area contributed by atoms with Crippen LogP contribution in [-0.2, 0) is 32.9 Å². The molecule has 3 aromatic rings. The fourth-order valence-electron chi connectivity index (χ4n) is 7.07. The van der Waals surface area contributed by atoms with Crippen LogP contribution in [0.2, 0.25) is 18.6 Å². The number of fused-ring (bicyclic) bond motifs is 2. The number of hydrogen-bond donors (Lipinski definition) is 1. The van der Waals surface area contributed by atoms with E-state index < -0.39 is 31.6 Å². The quantitative estimate of drug-likeness (QED) is 0.305. The minimum absolute atomic E-state index is 0.0207. The number of aliphatic hydroxyl groups is 1. The zero-order valence-electron chi connectivity index (χ0n) is 24.9. The van der Waals surface area contributed by atoms with Gasteiger partial charge in [0, 0.05) is 62.7 Å². The summed E-state index contributed by atoms with van der Waals surface area (Å²) in [7, 11) is -1.62. The molecule has 0 unspecified atom stereocenters. The molecule has 43 heavy (non-hydrogen) atoms. The van der Waals surface area contributed by atoms with Gasteiger partial charge in [-0.15, -0.1) is 5.10 Å². The van der Waals surface area contributed by atoms with E-state index in [1.807, 2.05) is 49.4 Å². The topological polar surface area (TPSA) is 113 Å². The van der Waals surface area contributed by atoms with Crippen LogP contribution in [-0.4, -0.2) is 65.8 Å². The predicted molar refractivity (Wildman–Crippen MR) is 163 cm³/mol. The van der Waals surface area contributed by atoms with E-state index in [2.05, 4.69) is 10.3 Å². The summed E-state index contributed by atoms with van der Waals surface area (Å²) in [4.78, 5) is 28.8. The first-order valence-corrected chi connectivity index (χ1v) is 17.7. The second kappa shape index (κ2) is 11.1. The molecular formula is C31H37FN6O4Si. The first-order chi connectivity index (χ1) is 20.5. The Bertz CT molecular complexity index is 1570. The van der Waals surface area contributed by atoms with Crippen LogP contribution in [0.3, 0.4) is 0 Å². The molecule has 12 heteroatoms. The van der Waals surface area contributed by atoms with Gasteiger partial charge in [-0.1, -0.05) is 42.5 Å². The highest BCUT2D eigenvalue weighted by Crippen LogP contribution is 2.60. The normalized spacial score (nSPS) is 25.5. The minimum Gasteiger partial charge on any atom is -0.396 e. The van der Waals surface area contributed by atoms with Gasteiger partial charge in [0.2, 0.25) is 14.3 Å². The lowest BCUT2D eigenvalue weighted by molar-refractivity contribution is -0.145. The Labute approximate surface area is 251 Å². The summed E-state index contributed by atoms with van der Waals surface area (Å²) in [6.45, 7) is 5.67. The highest BCUT2D eigenvalue weighted by molar-refractivity contribution is 6.72. The third kappa shape index (κ3) is 5.00. The molecule has 1 aromatic heterocycles. The number of carbonyl (C=O) groups excluding carboxylic acids is 2. The Balaban J connectivity index is 1.37. The predicted octanol–water partition coefficient (Wildman–Crippen LogP) is 4.19. The number of hydrogen-bond acceptors (Lipinski definition) is 7. The molecule has 3 aliphatic rings. The number of halogens is 1. The summed E-state index contributed by atoms with van der Waals surface area (Å²) in [6, 6.07) is 15.2. The maximum Gasteiger partial charge on any atom is 0.264 e. The second-order valence-electron chi connectivity index (χ2n) is 12.2. The molecule has 4 heterocycles. The number of ether oxygens (including phenoxy) is 1. The number of anilines is 2. The average Bonchev–Trinajstić information content (AvgIpc) is 3.63. The SMILES string of the molecule is C[C@H]1[C@H]([Si](C)(C)F)[C@@H](CCn2cc(CCO)nn2)O[C@]12C(=O)N(C)c1ccc(N3N=C(c4ccccc4)CCC3=O)cc12. The molecule has 10 nitrogen and oxygen atoms in total. The van der Waals surface area contributed by atoms with Crippen molar-refractivity contribution < 1.29 is 23.5 Å². The lowest BCUT2D eigenvalue weighted by atomic mass is 9.82. The van der Waals surface area contributed by atoms with E-state index in [1.165, 1.54) is 5.01 Å². The van der Waals surface area contributed by atoms with Gasteiger partial charge in [0.15, 0.2) is 5.60 Å². The number of nitrogens with zero attached hydrogens (tertiary/aromatic N) is 6. The van der Waals surface area contributed by atoms with Crippen LogP contribution in [0.5, 0.6) is 0 Å². The Hall–Kier alpha value is -3.74. The van der Waals surface area contributed by atoms with Crippen LogP contribution >= 0.6 is 0 Å². The van der Waals surface area contributed by atoms with Crippen LogP contribution < -0.4 is 9.91 Å². The standard InChI is InChI=1S/C31H37FN6O4Si/c1-20-29(43(3,4)32)27(14-16-37-19-22(15-17-39)33-35-37)42-31(20)24-18-23(10-12-26(24)36(2)30(31)41)38-28(40)13-11-25(34-38)21-8-6-5-7-9-21/h5-10,12,18-20,27,29,39H,11,13-17H2,1-4H3/t20-,27+,29-,31+/m0/s1. The van der Waals surface area contributed by atoms with Gasteiger partial charge in [-0.3, -0.25) is 14.3 Å². The second-order valence-corrected chi connectivity index (χ2v) is 16.0. The lowest BCUT2D eigenvalue weighted by Gasteiger charge is -2.31. The van der Waals surface area contributed by atoms with Gasteiger partial charge in [0.25, 0.3) is 5.91 Å². The molecule has 0 aliphatic carbocycles. The Morgan fingerprint density at radius 1 is 1.14 bits per heavy atom. The van der Waals surface area contributed by atoms with Crippen molar-refractivity contribution >= 4 is 37.3 Å². The molecular weight excluding hydrogens is 567 g/mol. The molecule has 0 radical (unpaired) electrons. The Kier molecular flexibility index (Phi) is 7.55. The van der Waals surface area contributed by atoms with Crippen molar-refractivity contribution in [1.82, 2.24) is 15.0 Å². The minimum atomic E-state index is -3.33. The summed E-state index contributed by atoms with van der Waals surface area (Å²) in [6.07, 6.45) is 2.95. The number of rotatable bonds is 8. The molecule has 0 saturated carbocycles. The molecule has 1 saturated heterocycles. The third-order valence-electron chi connectivity index (χ3n) is 9.06. The van der Waals surface area contributed by atoms with E-state index in [-0.39, 0.29) is 18.4 Å². The van der Waals surface area contributed by atoms with E-state index in [1.54, 1.807) is 42.0 Å². The van der Waals surface area contributed by atoms with Crippen molar-refractivity contribution in [3.05, 3.63) is 71.5 Å². The fourth-order valence-corrected chi connectivity index (χ4v) is 9.61.